The van der Waals surface area contributed by atoms with Gasteiger partial charge in [0.25, 0.3) is 0 Å². The van der Waals surface area contributed by atoms with E-state index in [1.54, 1.807) is 4.90 Å². The van der Waals surface area contributed by atoms with E-state index in [2.05, 4.69) is 28.9 Å². The van der Waals surface area contributed by atoms with Gasteiger partial charge in [-0.2, -0.15) is 0 Å². The van der Waals surface area contributed by atoms with Crippen molar-refractivity contribution in [2.45, 2.75) is 26.7 Å². The number of carbonyl (C=O) groups excluding carboxylic acids is 2. The van der Waals surface area contributed by atoms with Crippen LogP contribution in [-0.2, 0) is 9.59 Å². The van der Waals surface area contributed by atoms with Gasteiger partial charge in [-0.1, -0.05) is 6.92 Å². The lowest BCUT2D eigenvalue weighted by atomic mass is 10.2. The van der Waals surface area contributed by atoms with Crippen LogP contribution in [0, 0.1) is 0 Å². The number of piperazine rings is 1. The highest BCUT2D eigenvalue weighted by molar-refractivity contribution is 5.97. The molecule has 2 fully saturated rings. The molecule has 2 aliphatic rings. The smallest absolute Gasteiger partial charge is 0.242 e. The van der Waals surface area contributed by atoms with Gasteiger partial charge in [0.05, 0.1) is 0 Å². The van der Waals surface area contributed by atoms with Gasteiger partial charge in [0.15, 0.2) is 0 Å². The van der Waals surface area contributed by atoms with Gasteiger partial charge in [-0.25, -0.2) is 0 Å². The normalized spacial score (nSPS) is 18.2. The van der Waals surface area contributed by atoms with Gasteiger partial charge in [0.2, 0.25) is 11.8 Å². The van der Waals surface area contributed by atoms with Crippen molar-refractivity contribution in [3.8, 4) is 0 Å². The van der Waals surface area contributed by atoms with Gasteiger partial charge < -0.3 is 19.6 Å². The summed E-state index contributed by atoms with van der Waals surface area (Å²) in [5.74, 6) is -0.0703. The largest absolute Gasteiger partial charge is 0.372 e. The van der Waals surface area contributed by atoms with Crippen molar-refractivity contribution in [2.24, 2.45) is 0 Å². The molecule has 0 aromatic heterocycles. The number of nitrogens with zero attached hydrogens (tertiary/aromatic N) is 4. The third-order valence-corrected chi connectivity index (χ3v) is 5.48. The Labute approximate surface area is 156 Å². The van der Waals surface area contributed by atoms with Crippen LogP contribution in [0.1, 0.15) is 26.7 Å². The fraction of sp³-hybridized carbons (Fsp3) is 0.600. The Kier molecular flexibility index (Phi) is 6.14. The summed E-state index contributed by atoms with van der Waals surface area (Å²) >= 11 is 0. The fourth-order valence-electron chi connectivity index (χ4n) is 3.75. The summed E-state index contributed by atoms with van der Waals surface area (Å²) in [6.07, 6.45) is 2.47. The lowest BCUT2D eigenvalue weighted by Crippen LogP contribution is -2.51. The van der Waals surface area contributed by atoms with E-state index in [0.29, 0.717) is 0 Å². The van der Waals surface area contributed by atoms with E-state index in [1.807, 2.05) is 17.0 Å². The summed E-state index contributed by atoms with van der Waals surface area (Å²) in [6, 6.07) is 8.02. The molecule has 142 valence electrons. The zero-order chi connectivity index (χ0) is 18.5. The minimum atomic E-state index is -0.0977. The molecule has 6 heteroatoms. The Bertz CT molecular complexity index is 617. The predicted molar refractivity (Wildman–Crippen MR) is 105 cm³/mol. The fourth-order valence-corrected chi connectivity index (χ4v) is 3.75. The number of likely N-dealkylation sites (N-methyl/N-ethyl adjacent to an activating group) is 1. The molecule has 0 unspecified atom stereocenters. The molecule has 0 spiro atoms. The minimum absolute atomic E-state index is 0.0274. The van der Waals surface area contributed by atoms with Crippen LogP contribution >= 0.6 is 0 Å². The topological polar surface area (TPSA) is 47.1 Å². The van der Waals surface area contributed by atoms with Gasteiger partial charge in [0.1, 0.15) is 6.54 Å². The van der Waals surface area contributed by atoms with E-state index in [9.17, 15) is 9.59 Å². The first-order valence-electron chi connectivity index (χ1n) is 9.71. The SMILES string of the molecule is CCN1CCN(C(=O)CN(C(C)=O)c2ccc(N3CCCC3)cc2)CC1. The quantitative estimate of drug-likeness (QED) is 0.805. The first-order chi connectivity index (χ1) is 12.6. The van der Waals surface area contributed by atoms with E-state index >= 15 is 0 Å². The van der Waals surface area contributed by atoms with E-state index in [1.165, 1.54) is 25.5 Å². The first kappa shape index (κ1) is 18.7. The molecule has 3 rings (SSSR count). The zero-order valence-corrected chi connectivity index (χ0v) is 16.0. The summed E-state index contributed by atoms with van der Waals surface area (Å²) in [5, 5.41) is 0. The molecule has 0 saturated carbocycles. The van der Waals surface area contributed by atoms with Crippen LogP contribution < -0.4 is 9.80 Å². The standard InChI is InChI=1S/C20H30N4O2/c1-3-21-12-14-23(15-13-21)20(26)16-24(17(2)25)19-8-6-18(7-9-19)22-10-4-5-11-22/h6-9H,3-5,10-16H2,1-2H3. The molecule has 0 radical (unpaired) electrons. The van der Waals surface area contributed by atoms with Crippen LogP contribution in [0.4, 0.5) is 11.4 Å². The molecule has 26 heavy (non-hydrogen) atoms. The average Bonchev–Trinajstić information content (AvgIpc) is 3.20. The van der Waals surface area contributed by atoms with E-state index in [-0.39, 0.29) is 18.4 Å². The second-order valence-corrected chi connectivity index (χ2v) is 7.13. The number of hydrogen-bond donors (Lipinski definition) is 0. The molecule has 0 N–H and O–H groups in total. The Morgan fingerprint density at radius 1 is 0.962 bits per heavy atom. The maximum absolute atomic E-state index is 12.7. The highest BCUT2D eigenvalue weighted by atomic mass is 16.2. The molecule has 1 aromatic rings. The first-order valence-corrected chi connectivity index (χ1v) is 9.71. The summed E-state index contributed by atoms with van der Waals surface area (Å²) < 4.78 is 0. The van der Waals surface area contributed by atoms with Crippen LogP contribution in [0.5, 0.6) is 0 Å². The Balaban J connectivity index is 1.63. The average molecular weight is 358 g/mol. The summed E-state index contributed by atoms with van der Waals surface area (Å²) in [4.78, 5) is 33.0. The Hall–Kier alpha value is -2.08. The van der Waals surface area contributed by atoms with Crippen molar-refractivity contribution in [3.05, 3.63) is 24.3 Å². The molecule has 2 saturated heterocycles. The van der Waals surface area contributed by atoms with Gasteiger partial charge >= 0.3 is 0 Å². The third kappa shape index (κ3) is 4.36. The van der Waals surface area contributed by atoms with E-state index in [0.717, 1.165) is 51.5 Å². The van der Waals surface area contributed by atoms with Crippen LogP contribution in [-0.4, -0.2) is 74.0 Å². The number of rotatable bonds is 5. The van der Waals surface area contributed by atoms with E-state index < -0.39 is 0 Å². The van der Waals surface area contributed by atoms with E-state index in [4.69, 9.17) is 0 Å². The Morgan fingerprint density at radius 3 is 2.12 bits per heavy atom. The maximum atomic E-state index is 12.7. The van der Waals surface area contributed by atoms with Gasteiger partial charge in [0, 0.05) is 57.6 Å². The molecule has 0 bridgehead atoms. The lowest BCUT2D eigenvalue weighted by molar-refractivity contribution is -0.132. The van der Waals surface area contributed by atoms with Gasteiger partial charge in [-0.05, 0) is 43.7 Å². The monoisotopic (exact) mass is 358 g/mol. The molecule has 2 aliphatic heterocycles. The summed E-state index contributed by atoms with van der Waals surface area (Å²) in [7, 11) is 0. The molecule has 2 heterocycles. The minimum Gasteiger partial charge on any atom is -0.372 e. The zero-order valence-electron chi connectivity index (χ0n) is 16.0. The number of benzene rings is 1. The summed E-state index contributed by atoms with van der Waals surface area (Å²) in [6.45, 7) is 10.3. The molecule has 6 nitrogen and oxygen atoms in total. The predicted octanol–water partition coefficient (Wildman–Crippen LogP) is 1.80. The van der Waals surface area contributed by atoms with Gasteiger partial charge in [-0.3, -0.25) is 9.59 Å². The van der Waals surface area contributed by atoms with Crippen molar-refractivity contribution >= 4 is 23.2 Å². The van der Waals surface area contributed by atoms with Crippen LogP contribution in [0.2, 0.25) is 0 Å². The maximum Gasteiger partial charge on any atom is 0.242 e. The van der Waals surface area contributed by atoms with Crippen LogP contribution in [0.3, 0.4) is 0 Å². The molecular formula is C20H30N4O2. The second-order valence-electron chi connectivity index (χ2n) is 7.13. The highest BCUT2D eigenvalue weighted by Crippen LogP contribution is 2.24. The highest BCUT2D eigenvalue weighted by Gasteiger charge is 2.24. The molecule has 2 amide bonds. The van der Waals surface area contributed by atoms with Crippen molar-refractivity contribution in [2.75, 3.05) is 62.2 Å². The van der Waals surface area contributed by atoms with Crippen LogP contribution in [0.15, 0.2) is 24.3 Å². The van der Waals surface area contributed by atoms with Gasteiger partial charge in [-0.15, -0.1) is 0 Å². The number of carbonyl (C=O) groups is 2. The molecular weight excluding hydrogens is 328 g/mol. The molecule has 0 aliphatic carbocycles. The van der Waals surface area contributed by atoms with Crippen molar-refractivity contribution in [1.29, 1.82) is 0 Å². The van der Waals surface area contributed by atoms with Crippen molar-refractivity contribution in [3.63, 3.8) is 0 Å². The second kappa shape index (κ2) is 8.54. The van der Waals surface area contributed by atoms with Crippen molar-refractivity contribution in [1.82, 2.24) is 9.80 Å². The summed E-state index contributed by atoms with van der Waals surface area (Å²) in [5.41, 5.74) is 1.98. The molecule has 1 aromatic carbocycles. The lowest BCUT2D eigenvalue weighted by Gasteiger charge is -2.35. The molecule has 0 atom stereocenters. The number of amides is 2. The Morgan fingerprint density at radius 2 is 1.58 bits per heavy atom. The van der Waals surface area contributed by atoms with Crippen LogP contribution in [0.25, 0.3) is 0 Å². The number of anilines is 2. The third-order valence-electron chi connectivity index (χ3n) is 5.48. The number of hydrogen-bond acceptors (Lipinski definition) is 4. The van der Waals surface area contributed by atoms with Crippen molar-refractivity contribution < 1.29 is 9.59 Å².